The first kappa shape index (κ1) is 28.9. The van der Waals surface area contributed by atoms with Crippen LogP contribution in [0.1, 0.15) is 11.1 Å². The summed E-state index contributed by atoms with van der Waals surface area (Å²) in [5, 5.41) is 4.41. The lowest BCUT2D eigenvalue weighted by molar-refractivity contribution is 0.339. The zero-order valence-corrected chi connectivity index (χ0v) is 20.8. The first-order valence-corrected chi connectivity index (χ1v) is 16.0. The predicted molar refractivity (Wildman–Crippen MR) is 123 cm³/mol. The van der Waals surface area contributed by atoms with E-state index in [4.69, 9.17) is 0 Å². The van der Waals surface area contributed by atoms with Gasteiger partial charge in [-0.3, -0.25) is 18.3 Å². The average molecular weight is 560 g/mol. The molecule has 0 aromatic heterocycles. The third kappa shape index (κ3) is 8.10. The van der Waals surface area contributed by atoms with Crippen molar-refractivity contribution in [3.05, 3.63) is 59.7 Å². The van der Waals surface area contributed by atoms with Gasteiger partial charge in [0, 0.05) is 11.4 Å². The number of nitrogens with one attached hydrogen (secondary N) is 2. The maximum absolute atomic E-state index is 11.6. The summed E-state index contributed by atoms with van der Waals surface area (Å²) in [5.41, 5.74) is -4.08. The van der Waals surface area contributed by atoms with Crippen molar-refractivity contribution in [3.63, 3.8) is 0 Å². The van der Waals surface area contributed by atoms with Gasteiger partial charge in [-0.2, -0.15) is 0 Å². The second kappa shape index (κ2) is 10.7. The fraction of sp³-hybridized carbons (Fsp3) is 0.250. The Morgan fingerprint density at radius 3 is 1.06 bits per heavy atom. The molecule has 0 unspecified atom stereocenters. The van der Waals surface area contributed by atoms with E-state index in [2.05, 4.69) is 10.6 Å². The van der Waals surface area contributed by atoms with Crippen LogP contribution in [-0.4, -0.2) is 50.2 Å². The Bertz CT molecular complexity index is 1060. The van der Waals surface area contributed by atoms with E-state index in [1.807, 2.05) is 0 Å². The van der Waals surface area contributed by atoms with Crippen LogP contribution in [-0.2, 0) is 31.1 Å². The summed E-state index contributed by atoms with van der Waals surface area (Å²) < 4.78 is 46.3. The van der Waals surface area contributed by atoms with Gasteiger partial charge in [0.1, 0.15) is 0 Å². The van der Waals surface area contributed by atoms with Gasteiger partial charge in [0.15, 0.2) is 0 Å². The Hall–Kier alpha value is -1.36. The molecule has 0 amide bonds. The zero-order chi connectivity index (χ0) is 25.9. The fourth-order valence-corrected chi connectivity index (χ4v) is 7.40. The molecule has 0 radical (unpaired) electrons. The molecule has 0 saturated carbocycles. The normalized spacial score (nSPS) is 13.4. The minimum Gasteiger partial charge on any atom is -0.361 e. The molecule has 0 atom stereocenters. The van der Waals surface area contributed by atoms with Crippen LogP contribution in [0.4, 0.5) is 11.4 Å². The molecule has 34 heavy (non-hydrogen) atoms. The van der Waals surface area contributed by atoms with Gasteiger partial charge in [0.25, 0.3) is 0 Å². The molecule has 0 aliphatic heterocycles. The molecule has 10 N–H and O–H groups in total. The second-order valence-electron chi connectivity index (χ2n) is 7.21. The van der Waals surface area contributed by atoms with Crippen LogP contribution in [0.25, 0.3) is 0 Å². The number of aryl methyl sites for hydroxylation is 2. The molecule has 0 aliphatic rings. The molecule has 0 aliphatic carbocycles. The van der Waals surface area contributed by atoms with E-state index in [1.165, 1.54) is 36.4 Å². The lowest BCUT2D eigenvalue weighted by Crippen LogP contribution is -2.21. The van der Waals surface area contributed by atoms with Crippen LogP contribution in [0.15, 0.2) is 48.5 Å². The lowest BCUT2D eigenvalue weighted by Gasteiger charge is -2.24. The highest BCUT2D eigenvalue weighted by Gasteiger charge is 2.44. The molecular weight excluding hydrogens is 536 g/mol. The standard InChI is InChI=1S/C16H24N2O12P4/c19-31(20,21)15(32(22,23)24)17-13-7-3-1-5-11(13)9-10-12-6-2-4-8-14(12)18-16(33(25,26)27)34(28,29)30/h1-8,15-18H,9-10H2,(H2,19,20,21)(H2,22,23,24)(H2,25,26,27)(H2,28,29,30). The summed E-state index contributed by atoms with van der Waals surface area (Å²) in [4.78, 5) is 74.8. The van der Waals surface area contributed by atoms with Crippen LogP contribution in [0.3, 0.4) is 0 Å². The molecule has 0 saturated heterocycles. The highest BCUT2D eigenvalue weighted by Crippen LogP contribution is 2.60. The van der Waals surface area contributed by atoms with Gasteiger partial charge < -0.3 is 49.8 Å². The van der Waals surface area contributed by atoms with Gasteiger partial charge in [0.2, 0.25) is 11.0 Å². The van der Waals surface area contributed by atoms with Crippen LogP contribution in [0.5, 0.6) is 0 Å². The van der Waals surface area contributed by atoms with Gasteiger partial charge in [0.05, 0.1) is 0 Å². The third-order valence-electron chi connectivity index (χ3n) is 4.54. The van der Waals surface area contributed by atoms with Crippen LogP contribution < -0.4 is 10.6 Å². The molecular formula is C16H24N2O12P4. The highest BCUT2D eigenvalue weighted by molar-refractivity contribution is 7.71. The predicted octanol–water partition coefficient (Wildman–Crippen LogP) is 1.57. The lowest BCUT2D eigenvalue weighted by atomic mass is 10.0. The fourth-order valence-electron chi connectivity index (χ4n) is 3.03. The maximum Gasteiger partial charge on any atom is 0.360 e. The largest absolute Gasteiger partial charge is 0.361 e. The van der Waals surface area contributed by atoms with E-state index >= 15 is 0 Å². The molecule has 190 valence electrons. The number of rotatable bonds is 11. The number of para-hydroxylation sites is 2. The van der Waals surface area contributed by atoms with Crippen molar-refractivity contribution >= 4 is 41.8 Å². The van der Waals surface area contributed by atoms with Gasteiger partial charge in [-0.15, -0.1) is 0 Å². The van der Waals surface area contributed by atoms with Crippen LogP contribution in [0.2, 0.25) is 0 Å². The first-order valence-electron chi connectivity index (χ1n) is 9.30. The average Bonchev–Trinajstić information content (AvgIpc) is 2.66. The van der Waals surface area contributed by atoms with E-state index in [9.17, 15) is 57.4 Å². The van der Waals surface area contributed by atoms with E-state index in [-0.39, 0.29) is 24.2 Å². The summed E-state index contributed by atoms with van der Waals surface area (Å²) in [5.74, 6) is 0. The zero-order valence-electron chi connectivity index (χ0n) is 17.2. The molecule has 0 fully saturated rings. The van der Waals surface area contributed by atoms with Crippen molar-refractivity contribution in [2.24, 2.45) is 0 Å². The van der Waals surface area contributed by atoms with E-state index in [0.29, 0.717) is 11.1 Å². The van der Waals surface area contributed by atoms with Crippen molar-refractivity contribution in [2.75, 3.05) is 10.6 Å². The first-order chi connectivity index (χ1) is 15.4. The minimum atomic E-state index is -5.25. The Balaban J connectivity index is 2.32. The van der Waals surface area contributed by atoms with E-state index in [0.717, 1.165) is 0 Å². The number of benzene rings is 2. The van der Waals surface area contributed by atoms with Crippen molar-refractivity contribution < 1.29 is 57.4 Å². The quantitative estimate of drug-likeness (QED) is 0.175. The summed E-state index contributed by atoms with van der Waals surface area (Å²) in [7, 11) is -21.0. The molecule has 18 heteroatoms. The molecule has 0 bridgehead atoms. The Morgan fingerprint density at radius 1 is 0.529 bits per heavy atom. The molecule has 2 rings (SSSR count). The number of hydrogen-bond donors (Lipinski definition) is 10. The van der Waals surface area contributed by atoms with Gasteiger partial charge in [-0.1, -0.05) is 36.4 Å². The Kier molecular flexibility index (Phi) is 9.10. The number of hydrogen-bond acceptors (Lipinski definition) is 6. The van der Waals surface area contributed by atoms with Crippen molar-refractivity contribution in [2.45, 2.75) is 23.9 Å². The SMILES string of the molecule is O=P(O)(O)C(Nc1ccccc1CCc1ccccc1NC(P(=O)(O)O)P(=O)(O)O)P(=O)(O)O. The van der Waals surface area contributed by atoms with Gasteiger partial charge in [-0.25, -0.2) is 0 Å². The Labute approximate surface area is 193 Å². The molecule has 2 aromatic carbocycles. The molecule has 0 heterocycles. The Morgan fingerprint density at radius 2 is 0.794 bits per heavy atom. The van der Waals surface area contributed by atoms with Crippen molar-refractivity contribution in [3.8, 4) is 0 Å². The van der Waals surface area contributed by atoms with E-state index in [1.54, 1.807) is 12.1 Å². The highest BCUT2D eigenvalue weighted by atomic mass is 31.2. The molecule has 0 spiro atoms. The maximum atomic E-state index is 11.6. The van der Waals surface area contributed by atoms with Crippen molar-refractivity contribution in [1.29, 1.82) is 0 Å². The van der Waals surface area contributed by atoms with Gasteiger partial charge >= 0.3 is 30.4 Å². The topological polar surface area (TPSA) is 254 Å². The third-order valence-corrected chi connectivity index (χ3v) is 11.2. The van der Waals surface area contributed by atoms with Gasteiger partial charge in [-0.05, 0) is 36.1 Å². The summed E-state index contributed by atoms with van der Waals surface area (Å²) in [6.07, 6.45) is 0.237. The van der Waals surface area contributed by atoms with Crippen LogP contribution >= 0.6 is 30.4 Å². The molecule has 14 nitrogen and oxygen atoms in total. The van der Waals surface area contributed by atoms with Crippen molar-refractivity contribution in [1.82, 2.24) is 0 Å². The smallest absolute Gasteiger partial charge is 0.360 e. The minimum absolute atomic E-state index is 0.0351. The second-order valence-corrected chi connectivity index (χ2v) is 14.8. The monoisotopic (exact) mass is 560 g/mol. The summed E-state index contributed by atoms with van der Waals surface area (Å²) >= 11 is 0. The van der Waals surface area contributed by atoms with E-state index < -0.39 is 41.4 Å². The summed E-state index contributed by atoms with van der Waals surface area (Å²) in [6.45, 7) is 0. The number of anilines is 2. The van der Waals surface area contributed by atoms with Crippen LogP contribution in [0, 0.1) is 0 Å². The molecule has 2 aromatic rings. The summed E-state index contributed by atoms with van der Waals surface area (Å²) in [6, 6.07) is 11.9.